The van der Waals surface area contributed by atoms with Crippen LogP contribution in [0, 0.1) is 11.3 Å². The van der Waals surface area contributed by atoms with Crippen LogP contribution < -0.4 is 5.32 Å². The zero-order valence-corrected chi connectivity index (χ0v) is 10.1. The molecular formula is C11H23N3. The number of guanidine groups is 1. The summed E-state index contributed by atoms with van der Waals surface area (Å²) in [6.45, 7) is 11.9. The second-order valence-electron chi connectivity index (χ2n) is 5.43. The lowest BCUT2D eigenvalue weighted by molar-refractivity contribution is 0.330. The highest BCUT2D eigenvalue weighted by atomic mass is 15.3. The van der Waals surface area contributed by atoms with Crippen molar-refractivity contribution in [3.63, 3.8) is 0 Å². The molecule has 0 saturated carbocycles. The predicted molar refractivity (Wildman–Crippen MR) is 61.6 cm³/mol. The van der Waals surface area contributed by atoms with E-state index >= 15 is 0 Å². The summed E-state index contributed by atoms with van der Waals surface area (Å²) < 4.78 is 0. The molecule has 1 rings (SSSR count). The molecule has 3 heteroatoms. The van der Waals surface area contributed by atoms with Crippen molar-refractivity contribution in [1.29, 1.82) is 0 Å². The average Bonchev–Trinajstić information content (AvgIpc) is 2.02. The average molecular weight is 197 g/mol. The SMILES string of the molecule is CC(C)CN(C)C1=NCC(C)(C)CN1. The predicted octanol–water partition coefficient (Wildman–Crippen LogP) is 1.56. The Labute approximate surface area is 87.6 Å². The van der Waals surface area contributed by atoms with Gasteiger partial charge in [0, 0.05) is 32.1 Å². The maximum Gasteiger partial charge on any atom is 0.193 e. The van der Waals surface area contributed by atoms with Crippen molar-refractivity contribution >= 4 is 5.96 Å². The number of rotatable bonds is 2. The Balaban J connectivity index is 2.50. The van der Waals surface area contributed by atoms with Gasteiger partial charge in [0.1, 0.15) is 0 Å². The van der Waals surface area contributed by atoms with Crippen LogP contribution in [0.4, 0.5) is 0 Å². The minimum atomic E-state index is 0.308. The summed E-state index contributed by atoms with van der Waals surface area (Å²) in [5, 5.41) is 3.39. The van der Waals surface area contributed by atoms with E-state index in [0.29, 0.717) is 11.3 Å². The van der Waals surface area contributed by atoms with E-state index in [1.54, 1.807) is 0 Å². The second-order valence-corrected chi connectivity index (χ2v) is 5.43. The Kier molecular flexibility index (Phi) is 3.40. The molecule has 0 atom stereocenters. The Hall–Kier alpha value is -0.730. The van der Waals surface area contributed by atoms with Crippen molar-refractivity contribution in [2.75, 3.05) is 26.7 Å². The highest BCUT2D eigenvalue weighted by molar-refractivity contribution is 5.80. The summed E-state index contributed by atoms with van der Waals surface area (Å²) in [6, 6.07) is 0. The van der Waals surface area contributed by atoms with Gasteiger partial charge >= 0.3 is 0 Å². The van der Waals surface area contributed by atoms with Gasteiger partial charge in [0.15, 0.2) is 5.96 Å². The highest BCUT2D eigenvalue weighted by Crippen LogP contribution is 2.17. The number of nitrogens with zero attached hydrogens (tertiary/aromatic N) is 2. The lowest BCUT2D eigenvalue weighted by Crippen LogP contribution is -2.48. The highest BCUT2D eigenvalue weighted by Gasteiger charge is 2.23. The maximum absolute atomic E-state index is 4.57. The monoisotopic (exact) mass is 197 g/mol. The fraction of sp³-hybridized carbons (Fsp3) is 0.909. The Morgan fingerprint density at radius 3 is 2.57 bits per heavy atom. The van der Waals surface area contributed by atoms with Gasteiger partial charge in [-0.15, -0.1) is 0 Å². The summed E-state index contributed by atoms with van der Waals surface area (Å²) >= 11 is 0. The van der Waals surface area contributed by atoms with E-state index < -0.39 is 0 Å². The largest absolute Gasteiger partial charge is 0.356 e. The lowest BCUT2D eigenvalue weighted by atomic mass is 9.93. The van der Waals surface area contributed by atoms with Gasteiger partial charge in [0.25, 0.3) is 0 Å². The van der Waals surface area contributed by atoms with Crippen molar-refractivity contribution in [2.45, 2.75) is 27.7 Å². The van der Waals surface area contributed by atoms with E-state index in [4.69, 9.17) is 0 Å². The molecule has 0 radical (unpaired) electrons. The zero-order valence-electron chi connectivity index (χ0n) is 10.1. The Bertz CT molecular complexity index is 219. The van der Waals surface area contributed by atoms with Crippen molar-refractivity contribution in [2.24, 2.45) is 16.3 Å². The summed E-state index contributed by atoms with van der Waals surface area (Å²) in [4.78, 5) is 6.77. The molecule has 0 fully saturated rings. The molecule has 1 aliphatic rings. The van der Waals surface area contributed by atoms with Gasteiger partial charge in [-0.05, 0) is 5.92 Å². The number of aliphatic imine (C=N–C) groups is 1. The third-order valence-electron chi connectivity index (χ3n) is 2.38. The van der Waals surface area contributed by atoms with Crippen LogP contribution in [-0.4, -0.2) is 37.5 Å². The molecule has 0 bridgehead atoms. The van der Waals surface area contributed by atoms with Crippen LogP contribution in [0.5, 0.6) is 0 Å². The van der Waals surface area contributed by atoms with E-state index in [1.165, 1.54) is 0 Å². The molecule has 0 unspecified atom stereocenters. The fourth-order valence-corrected chi connectivity index (χ4v) is 1.61. The first-order valence-corrected chi connectivity index (χ1v) is 5.40. The third kappa shape index (κ3) is 3.20. The topological polar surface area (TPSA) is 27.6 Å². The number of nitrogens with one attached hydrogen (secondary N) is 1. The van der Waals surface area contributed by atoms with Crippen LogP contribution in [0.2, 0.25) is 0 Å². The van der Waals surface area contributed by atoms with Crippen molar-refractivity contribution < 1.29 is 0 Å². The first-order valence-electron chi connectivity index (χ1n) is 5.40. The second kappa shape index (κ2) is 4.20. The smallest absolute Gasteiger partial charge is 0.193 e. The normalized spacial score (nSPS) is 20.3. The van der Waals surface area contributed by atoms with Gasteiger partial charge in [-0.1, -0.05) is 27.7 Å². The van der Waals surface area contributed by atoms with Gasteiger partial charge in [-0.3, -0.25) is 4.99 Å². The standard InChI is InChI=1S/C11H23N3/c1-9(2)6-14(5)10-12-7-11(3,4)8-13-10/h9H,6-8H2,1-5H3,(H,12,13). The summed E-state index contributed by atoms with van der Waals surface area (Å²) in [5.41, 5.74) is 0.308. The molecular weight excluding hydrogens is 174 g/mol. The molecule has 0 spiro atoms. The number of hydrogen-bond acceptors (Lipinski definition) is 3. The minimum Gasteiger partial charge on any atom is -0.356 e. The van der Waals surface area contributed by atoms with Gasteiger partial charge in [-0.25, -0.2) is 0 Å². The minimum absolute atomic E-state index is 0.308. The van der Waals surface area contributed by atoms with E-state index in [-0.39, 0.29) is 0 Å². The van der Waals surface area contributed by atoms with Crippen LogP contribution >= 0.6 is 0 Å². The molecule has 0 aromatic rings. The molecule has 82 valence electrons. The van der Waals surface area contributed by atoms with Gasteiger partial charge in [0.2, 0.25) is 0 Å². The first kappa shape index (κ1) is 11.3. The Morgan fingerprint density at radius 1 is 1.50 bits per heavy atom. The molecule has 0 aromatic heterocycles. The lowest BCUT2D eigenvalue weighted by Gasteiger charge is -2.33. The van der Waals surface area contributed by atoms with Crippen LogP contribution in [0.3, 0.4) is 0 Å². The van der Waals surface area contributed by atoms with E-state index in [9.17, 15) is 0 Å². The van der Waals surface area contributed by atoms with Crippen molar-refractivity contribution in [1.82, 2.24) is 10.2 Å². The van der Waals surface area contributed by atoms with E-state index in [1.807, 2.05) is 0 Å². The molecule has 3 nitrogen and oxygen atoms in total. The maximum atomic E-state index is 4.57. The van der Waals surface area contributed by atoms with Gasteiger partial charge in [-0.2, -0.15) is 0 Å². The van der Waals surface area contributed by atoms with Crippen molar-refractivity contribution in [3.05, 3.63) is 0 Å². The van der Waals surface area contributed by atoms with Crippen LogP contribution in [0.1, 0.15) is 27.7 Å². The molecule has 0 saturated heterocycles. The van der Waals surface area contributed by atoms with Crippen LogP contribution in [0.15, 0.2) is 4.99 Å². The molecule has 1 heterocycles. The summed E-state index contributed by atoms with van der Waals surface area (Å²) in [6.07, 6.45) is 0. The summed E-state index contributed by atoms with van der Waals surface area (Å²) in [5.74, 6) is 1.73. The first-order chi connectivity index (χ1) is 6.41. The van der Waals surface area contributed by atoms with Crippen molar-refractivity contribution in [3.8, 4) is 0 Å². The Morgan fingerprint density at radius 2 is 2.14 bits per heavy atom. The van der Waals surface area contributed by atoms with Gasteiger partial charge < -0.3 is 10.2 Å². The molecule has 14 heavy (non-hydrogen) atoms. The number of hydrogen-bond donors (Lipinski definition) is 1. The quantitative estimate of drug-likeness (QED) is 0.727. The molecule has 0 amide bonds. The van der Waals surface area contributed by atoms with Crippen LogP contribution in [-0.2, 0) is 0 Å². The fourth-order valence-electron chi connectivity index (χ4n) is 1.61. The molecule has 1 N–H and O–H groups in total. The van der Waals surface area contributed by atoms with E-state index in [0.717, 1.165) is 25.6 Å². The third-order valence-corrected chi connectivity index (χ3v) is 2.38. The molecule has 1 aliphatic heterocycles. The molecule has 0 aromatic carbocycles. The zero-order chi connectivity index (χ0) is 10.8. The van der Waals surface area contributed by atoms with Gasteiger partial charge in [0.05, 0.1) is 0 Å². The molecule has 0 aliphatic carbocycles. The van der Waals surface area contributed by atoms with Crippen LogP contribution in [0.25, 0.3) is 0 Å². The summed E-state index contributed by atoms with van der Waals surface area (Å²) in [7, 11) is 2.10. The van der Waals surface area contributed by atoms with E-state index in [2.05, 4.69) is 50.0 Å².